The van der Waals surface area contributed by atoms with Gasteiger partial charge in [0.05, 0.1) is 12.5 Å². The van der Waals surface area contributed by atoms with Crippen LogP contribution in [0.5, 0.6) is 0 Å². The zero-order chi connectivity index (χ0) is 28.1. The first-order valence-corrected chi connectivity index (χ1v) is 11.8. The number of carboxylic acid groups (broad SMARTS) is 2. The molecule has 37 heavy (non-hydrogen) atoms. The maximum Gasteiger partial charge on any atom is 0.326 e. The SMILES string of the molecule is CC[C@H](C)[C@H](NC(=O)[C@H](CCC(=O)O)NC(=O)[C@H](CC(N)=O)NC(=O)[C@@H](N)Cc1ccccc1)C(=O)O. The molecule has 0 aliphatic heterocycles. The second kappa shape index (κ2) is 15.2. The molecule has 0 fully saturated rings. The Morgan fingerprint density at radius 2 is 1.46 bits per heavy atom. The standard InChI is InChI=1S/C24H35N5O8/c1-3-13(2)20(24(36)37)29-22(34)16(9-10-19(31)32)27-23(35)17(12-18(26)30)28-21(33)15(25)11-14-7-5-4-6-8-14/h4-8,13,15-17,20H,3,9-12,25H2,1-2H3,(H2,26,30)(H,27,35)(H,28,33)(H,29,34)(H,31,32)(H,36,37)/t13-,15-,16-,17-,20-/m0/s1. The van der Waals surface area contributed by atoms with Crippen LogP contribution in [0.25, 0.3) is 0 Å². The van der Waals surface area contributed by atoms with E-state index in [1.54, 1.807) is 44.2 Å². The summed E-state index contributed by atoms with van der Waals surface area (Å²) in [5.74, 6) is -6.58. The summed E-state index contributed by atoms with van der Waals surface area (Å²) in [6.07, 6.45) is -0.932. The Morgan fingerprint density at radius 3 is 1.97 bits per heavy atom. The largest absolute Gasteiger partial charge is 0.481 e. The number of amides is 4. The van der Waals surface area contributed by atoms with Crippen molar-refractivity contribution in [1.29, 1.82) is 0 Å². The number of hydrogen-bond donors (Lipinski definition) is 7. The summed E-state index contributed by atoms with van der Waals surface area (Å²) in [7, 11) is 0. The van der Waals surface area contributed by atoms with E-state index in [2.05, 4.69) is 16.0 Å². The van der Waals surface area contributed by atoms with Crippen LogP contribution in [0.4, 0.5) is 0 Å². The number of nitrogens with two attached hydrogens (primary N) is 2. The van der Waals surface area contributed by atoms with Gasteiger partial charge in [0.15, 0.2) is 0 Å². The van der Waals surface area contributed by atoms with Gasteiger partial charge < -0.3 is 37.6 Å². The van der Waals surface area contributed by atoms with Crippen molar-refractivity contribution >= 4 is 35.6 Å². The molecule has 0 spiro atoms. The van der Waals surface area contributed by atoms with Crippen LogP contribution in [0.15, 0.2) is 30.3 Å². The molecule has 0 radical (unpaired) electrons. The highest BCUT2D eigenvalue weighted by atomic mass is 16.4. The molecule has 9 N–H and O–H groups in total. The van der Waals surface area contributed by atoms with Gasteiger partial charge in [-0.25, -0.2) is 4.79 Å². The Kier molecular flexibility index (Phi) is 12.7. The van der Waals surface area contributed by atoms with Crippen molar-refractivity contribution in [1.82, 2.24) is 16.0 Å². The lowest BCUT2D eigenvalue weighted by molar-refractivity contribution is -0.144. The normalized spacial score (nSPS) is 14.8. The van der Waals surface area contributed by atoms with Crippen molar-refractivity contribution < 1.29 is 39.0 Å². The lowest BCUT2D eigenvalue weighted by atomic mass is 9.98. The van der Waals surface area contributed by atoms with Gasteiger partial charge in [0.1, 0.15) is 18.1 Å². The number of aliphatic carboxylic acids is 2. The molecular formula is C24H35N5O8. The summed E-state index contributed by atoms with van der Waals surface area (Å²) in [4.78, 5) is 72.6. The maximum atomic E-state index is 12.9. The summed E-state index contributed by atoms with van der Waals surface area (Å²) < 4.78 is 0. The third-order valence-corrected chi connectivity index (χ3v) is 5.73. The molecule has 0 bridgehead atoms. The van der Waals surface area contributed by atoms with Crippen molar-refractivity contribution in [2.45, 2.75) is 70.1 Å². The topological polar surface area (TPSA) is 231 Å². The van der Waals surface area contributed by atoms with E-state index in [9.17, 15) is 33.9 Å². The predicted octanol–water partition coefficient (Wildman–Crippen LogP) is -1.12. The lowest BCUT2D eigenvalue weighted by Gasteiger charge is -2.26. The van der Waals surface area contributed by atoms with E-state index in [4.69, 9.17) is 16.6 Å². The molecule has 13 nitrogen and oxygen atoms in total. The minimum Gasteiger partial charge on any atom is -0.481 e. The molecule has 1 rings (SSSR count). The molecule has 0 aromatic heterocycles. The van der Waals surface area contributed by atoms with Crippen LogP contribution in [-0.2, 0) is 35.2 Å². The summed E-state index contributed by atoms with van der Waals surface area (Å²) in [5.41, 5.74) is 11.9. The van der Waals surface area contributed by atoms with E-state index in [0.29, 0.717) is 6.42 Å². The number of rotatable bonds is 16. The number of carbonyl (C=O) groups is 6. The number of benzene rings is 1. The summed E-state index contributed by atoms with van der Waals surface area (Å²) in [6.45, 7) is 3.34. The fourth-order valence-electron chi connectivity index (χ4n) is 3.40. The lowest BCUT2D eigenvalue weighted by Crippen LogP contribution is -2.58. The highest BCUT2D eigenvalue weighted by Gasteiger charge is 2.32. The minimum atomic E-state index is -1.50. The van der Waals surface area contributed by atoms with Gasteiger partial charge in [0.25, 0.3) is 0 Å². The molecule has 0 saturated carbocycles. The van der Waals surface area contributed by atoms with Crippen molar-refractivity contribution in [3.63, 3.8) is 0 Å². The Morgan fingerprint density at radius 1 is 0.892 bits per heavy atom. The fraction of sp³-hybridized carbons (Fsp3) is 0.500. The summed E-state index contributed by atoms with van der Waals surface area (Å²) >= 11 is 0. The van der Waals surface area contributed by atoms with E-state index in [-0.39, 0.29) is 12.8 Å². The first-order chi connectivity index (χ1) is 17.3. The second-order valence-electron chi connectivity index (χ2n) is 8.73. The van der Waals surface area contributed by atoms with Crippen LogP contribution >= 0.6 is 0 Å². The Hall–Kier alpha value is -4.00. The maximum absolute atomic E-state index is 12.9. The van der Waals surface area contributed by atoms with Gasteiger partial charge in [0.2, 0.25) is 23.6 Å². The molecule has 204 valence electrons. The van der Waals surface area contributed by atoms with Crippen molar-refractivity contribution in [2.24, 2.45) is 17.4 Å². The second-order valence-corrected chi connectivity index (χ2v) is 8.73. The first kappa shape index (κ1) is 31.0. The monoisotopic (exact) mass is 521 g/mol. The van der Waals surface area contributed by atoms with Gasteiger partial charge in [-0.2, -0.15) is 0 Å². The average molecular weight is 522 g/mol. The van der Waals surface area contributed by atoms with Crippen molar-refractivity contribution in [3.8, 4) is 0 Å². The van der Waals surface area contributed by atoms with E-state index in [1.807, 2.05) is 0 Å². The van der Waals surface area contributed by atoms with Crippen molar-refractivity contribution in [3.05, 3.63) is 35.9 Å². The van der Waals surface area contributed by atoms with E-state index in [0.717, 1.165) is 5.56 Å². The Labute approximate surface area is 214 Å². The van der Waals surface area contributed by atoms with Crippen LogP contribution in [0, 0.1) is 5.92 Å². The van der Waals surface area contributed by atoms with E-state index in [1.165, 1.54) is 0 Å². The summed E-state index contributed by atoms with van der Waals surface area (Å²) in [5, 5.41) is 25.4. The molecule has 0 saturated heterocycles. The van der Waals surface area contributed by atoms with Crippen LogP contribution in [0.1, 0.15) is 45.1 Å². The molecule has 4 amide bonds. The van der Waals surface area contributed by atoms with Gasteiger partial charge in [-0.05, 0) is 24.3 Å². The molecule has 0 aliphatic rings. The third-order valence-electron chi connectivity index (χ3n) is 5.73. The highest BCUT2D eigenvalue weighted by molar-refractivity contribution is 5.96. The number of carboxylic acids is 2. The molecule has 5 atom stereocenters. The van der Waals surface area contributed by atoms with Gasteiger partial charge >= 0.3 is 11.9 Å². The van der Waals surface area contributed by atoms with Gasteiger partial charge in [-0.3, -0.25) is 24.0 Å². The quantitative estimate of drug-likeness (QED) is 0.139. The molecule has 1 aromatic carbocycles. The molecule has 13 heteroatoms. The highest BCUT2D eigenvalue weighted by Crippen LogP contribution is 2.10. The third kappa shape index (κ3) is 11.1. The average Bonchev–Trinajstić information content (AvgIpc) is 2.83. The zero-order valence-electron chi connectivity index (χ0n) is 20.8. The van der Waals surface area contributed by atoms with E-state index < -0.39 is 78.5 Å². The zero-order valence-corrected chi connectivity index (χ0v) is 20.8. The number of hydrogen-bond acceptors (Lipinski definition) is 7. The van der Waals surface area contributed by atoms with Gasteiger partial charge in [-0.15, -0.1) is 0 Å². The van der Waals surface area contributed by atoms with Crippen molar-refractivity contribution in [2.75, 3.05) is 0 Å². The number of nitrogens with one attached hydrogen (secondary N) is 3. The molecule has 1 aromatic rings. The van der Waals surface area contributed by atoms with Crippen LogP contribution in [0.2, 0.25) is 0 Å². The molecular weight excluding hydrogens is 486 g/mol. The van der Waals surface area contributed by atoms with Crippen LogP contribution < -0.4 is 27.4 Å². The van der Waals surface area contributed by atoms with Crippen LogP contribution in [-0.4, -0.2) is 69.9 Å². The van der Waals surface area contributed by atoms with Gasteiger partial charge in [0, 0.05) is 6.42 Å². The Bertz CT molecular complexity index is 971. The van der Waals surface area contributed by atoms with E-state index >= 15 is 0 Å². The minimum absolute atomic E-state index is 0.146. The molecule has 0 aliphatic carbocycles. The summed E-state index contributed by atoms with van der Waals surface area (Å²) in [6, 6.07) is 3.54. The number of primary amides is 1. The smallest absolute Gasteiger partial charge is 0.326 e. The molecule has 0 unspecified atom stereocenters. The van der Waals surface area contributed by atoms with Crippen LogP contribution in [0.3, 0.4) is 0 Å². The molecule has 0 heterocycles. The predicted molar refractivity (Wildman–Crippen MR) is 132 cm³/mol. The van der Waals surface area contributed by atoms with Gasteiger partial charge in [-0.1, -0.05) is 50.6 Å². The number of carbonyl (C=O) groups excluding carboxylic acids is 4. The first-order valence-electron chi connectivity index (χ1n) is 11.8. The Balaban J connectivity index is 3.02. The fourth-order valence-corrected chi connectivity index (χ4v) is 3.40.